The molecular formula is C16H9Cl6N3O3. The van der Waals surface area contributed by atoms with Crippen molar-refractivity contribution in [3.8, 4) is 5.75 Å². The number of halogens is 6. The number of carbonyl (C=O) groups excluding carboxylic acids is 2. The number of hydrogen-bond acceptors (Lipinski definition) is 6. The van der Waals surface area contributed by atoms with Crippen molar-refractivity contribution in [3.63, 3.8) is 0 Å². The first-order chi connectivity index (χ1) is 13.0. The summed E-state index contributed by atoms with van der Waals surface area (Å²) >= 11 is 34.4. The van der Waals surface area contributed by atoms with Crippen molar-refractivity contribution < 1.29 is 14.3 Å². The fourth-order valence-corrected chi connectivity index (χ4v) is 2.32. The topological polar surface area (TPSA) is 82.0 Å². The number of methoxy groups -OCH3 is 1. The monoisotopic (exact) mass is 501 g/mol. The van der Waals surface area contributed by atoms with Crippen molar-refractivity contribution in [2.45, 2.75) is 8.67 Å². The van der Waals surface area contributed by atoms with Crippen LogP contribution in [0.4, 0.5) is 0 Å². The van der Waals surface area contributed by atoms with Crippen LogP contribution in [0.2, 0.25) is 0 Å². The maximum atomic E-state index is 11.5. The Morgan fingerprint density at radius 2 is 1.32 bits per heavy atom. The van der Waals surface area contributed by atoms with Gasteiger partial charge in [-0.2, -0.15) is 0 Å². The van der Waals surface area contributed by atoms with Gasteiger partial charge in [0.2, 0.25) is 8.67 Å². The Bertz CT molecular complexity index is 887. The molecule has 0 aliphatic heterocycles. The minimum absolute atomic E-state index is 0.0528. The number of alkyl halides is 4. The number of nitrogens with zero attached hydrogens (tertiary/aromatic N) is 3. The number of benzene rings is 1. The standard InChI is InChI=1S/C16H9Cl6N3O3/c1-28-9-5-2-8(3-6-9)4-7-10-23-13(15(19,20)11(17)26)25-14(24-10)16(21,22)12(18)27/h2-7H,1H3. The van der Waals surface area contributed by atoms with Gasteiger partial charge in [0, 0.05) is 0 Å². The molecule has 1 heterocycles. The van der Waals surface area contributed by atoms with E-state index in [-0.39, 0.29) is 5.82 Å². The highest BCUT2D eigenvalue weighted by Gasteiger charge is 2.43. The molecule has 0 radical (unpaired) electrons. The molecule has 0 spiro atoms. The maximum absolute atomic E-state index is 11.5. The molecule has 148 valence electrons. The van der Waals surface area contributed by atoms with Gasteiger partial charge in [-0.15, -0.1) is 0 Å². The van der Waals surface area contributed by atoms with Gasteiger partial charge in [0.15, 0.2) is 17.5 Å². The van der Waals surface area contributed by atoms with Gasteiger partial charge in [-0.25, -0.2) is 15.0 Å². The summed E-state index contributed by atoms with van der Waals surface area (Å²) in [4.78, 5) is 34.8. The fraction of sp³-hybridized carbons (Fsp3) is 0.188. The van der Waals surface area contributed by atoms with E-state index in [0.29, 0.717) is 5.75 Å². The van der Waals surface area contributed by atoms with Crippen LogP contribution in [0.1, 0.15) is 23.0 Å². The largest absolute Gasteiger partial charge is 0.497 e. The third-order valence-corrected chi connectivity index (χ3v) is 5.57. The zero-order valence-electron chi connectivity index (χ0n) is 13.8. The average Bonchev–Trinajstić information content (AvgIpc) is 2.66. The van der Waals surface area contributed by atoms with Crippen LogP contribution in [-0.4, -0.2) is 32.5 Å². The number of carbonyl (C=O) groups is 2. The lowest BCUT2D eigenvalue weighted by Gasteiger charge is -2.18. The van der Waals surface area contributed by atoms with Crippen LogP contribution in [0, 0.1) is 0 Å². The Balaban J connectivity index is 2.54. The van der Waals surface area contributed by atoms with E-state index >= 15 is 0 Å². The fourth-order valence-electron chi connectivity index (χ4n) is 1.81. The number of ether oxygens (including phenoxy) is 1. The van der Waals surface area contributed by atoms with Crippen LogP contribution in [0.15, 0.2) is 24.3 Å². The summed E-state index contributed by atoms with van der Waals surface area (Å²) in [5.74, 6) is -0.327. The smallest absolute Gasteiger partial charge is 0.265 e. The van der Waals surface area contributed by atoms with Crippen LogP contribution in [0.5, 0.6) is 5.75 Å². The molecule has 0 unspecified atom stereocenters. The molecule has 2 aromatic rings. The second kappa shape index (κ2) is 9.11. The summed E-state index contributed by atoms with van der Waals surface area (Å²) < 4.78 is 0.414. The molecule has 6 nitrogen and oxygen atoms in total. The van der Waals surface area contributed by atoms with Crippen LogP contribution < -0.4 is 4.74 Å². The Labute approximate surface area is 189 Å². The summed E-state index contributed by atoms with van der Waals surface area (Å²) in [6.07, 6.45) is 3.06. The van der Waals surface area contributed by atoms with Gasteiger partial charge in [0.05, 0.1) is 7.11 Å². The normalized spacial score (nSPS) is 12.2. The summed E-state index contributed by atoms with van der Waals surface area (Å²) in [5.41, 5.74) is 0.761. The van der Waals surface area contributed by atoms with Crippen molar-refractivity contribution in [1.29, 1.82) is 0 Å². The van der Waals surface area contributed by atoms with Crippen molar-refractivity contribution >= 4 is 92.2 Å². The van der Waals surface area contributed by atoms with Crippen LogP contribution >= 0.6 is 69.6 Å². The molecule has 0 aliphatic rings. The molecule has 0 atom stereocenters. The maximum Gasteiger partial charge on any atom is 0.265 e. The molecule has 0 amide bonds. The lowest BCUT2D eigenvalue weighted by Crippen LogP contribution is -2.28. The molecule has 0 bridgehead atoms. The molecule has 1 aromatic heterocycles. The van der Waals surface area contributed by atoms with E-state index in [1.165, 1.54) is 6.08 Å². The highest BCUT2D eigenvalue weighted by atomic mass is 35.5. The van der Waals surface area contributed by atoms with Gasteiger partial charge in [-0.05, 0) is 47.0 Å². The van der Waals surface area contributed by atoms with Crippen molar-refractivity contribution in [2.24, 2.45) is 0 Å². The molecule has 1 aromatic carbocycles. The van der Waals surface area contributed by atoms with E-state index in [1.54, 1.807) is 37.5 Å². The first kappa shape index (κ1) is 23.1. The summed E-state index contributed by atoms with van der Waals surface area (Å²) in [6.45, 7) is 0. The van der Waals surface area contributed by atoms with Gasteiger partial charge in [-0.1, -0.05) is 64.6 Å². The van der Waals surface area contributed by atoms with Crippen molar-refractivity contribution in [2.75, 3.05) is 7.11 Å². The van der Waals surface area contributed by atoms with E-state index in [2.05, 4.69) is 15.0 Å². The minimum atomic E-state index is -2.33. The second-order valence-electron chi connectivity index (χ2n) is 5.14. The molecule has 0 N–H and O–H groups in total. The Morgan fingerprint density at radius 3 is 1.71 bits per heavy atom. The van der Waals surface area contributed by atoms with Crippen LogP contribution in [0.25, 0.3) is 12.2 Å². The summed E-state index contributed by atoms with van der Waals surface area (Å²) in [7, 11) is 1.55. The van der Waals surface area contributed by atoms with E-state index in [4.69, 9.17) is 74.3 Å². The van der Waals surface area contributed by atoms with Crippen LogP contribution in [-0.2, 0) is 18.3 Å². The molecule has 0 saturated carbocycles. The number of rotatable bonds is 7. The lowest BCUT2D eigenvalue weighted by atomic mass is 10.2. The van der Waals surface area contributed by atoms with E-state index in [9.17, 15) is 9.59 Å². The quantitative estimate of drug-likeness (QED) is 0.397. The van der Waals surface area contributed by atoms with E-state index < -0.39 is 30.8 Å². The molecule has 0 fully saturated rings. The predicted octanol–water partition coefficient (Wildman–Crippen LogP) is 4.84. The SMILES string of the molecule is COc1ccc(C=Cc2nc(C(Cl)(Cl)C(=O)Cl)nc(C(Cl)(Cl)C(=O)Cl)n2)cc1. The van der Waals surface area contributed by atoms with Crippen molar-refractivity contribution in [1.82, 2.24) is 15.0 Å². The van der Waals surface area contributed by atoms with Gasteiger partial charge < -0.3 is 4.74 Å². The highest BCUT2D eigenvalue weighted by Crippen LogP contribution is 2.38. The molecule has 28 heavy (non-hydrogen) atoms. The van der Waals surface area contributed by atoms with Gasteiger partial charge in [-0.3, -0.25) is 9.59 Å². The molecule has 0 aliphatic carbocycles. The third-order valence-electron chi connectivity index (χ3n) is 3.25. The Morgan fingerprint density at radius 1 is 0.857 bits per heavy atom. The summed E-state index contributed by atoms with van der Waals surface area (Å²) in [5, 5.41) is -2.35. The van der Waals surface area contributed by atoms with Gasteiger partial charge >= 0.3 is 0 Å². The van der Waals surface area contributed by atoms with Crippen molar-refractivity contribution in [3.05, 3.63) is 47.3 Å². The Hall–Kier alpha value is -1.15. The third kappa shape index (κ3) is 5.26. The minimum Gasteiger partial charge on any atom is -0.497 e. The van der Waals surface area contributed by atoms with E-state index in [0.717, 1.165) is 5.56 Å². The van der Waals surface area contributed by atoms with E-state index in [1.807, 2.05) is 0 Å². The Kier molecular flexibility index (Phi) is 7.53. The average molecular weight is 504 g/mol. The zero-order valence-corrected chi connectivity index (χ0v) is 18.3. The van der Waals surface area contributed by atoms with Gasteiger partial charge in [0.25, 0.3) is 10.5 Å². The highest BCUT2D eigenvalue weighted by molar-refractivity contribution is 6.78. The first-order valence-electron chi connectivity index (χ1n) is 7.23. The first-order valence-corrected chi connectivity index (χ1v) is 9.50. The molecule has 2 rings (SSSR count). The zero-order chi connectivity index (χ0) is 21.1. The molecule has 12 heteroatoms. The molecule has 0 saturated heterocycles. The second-order valence-corrected chi connectivity index (χ2v) is 8.48. The lowest BCUT2D eigenvalue weighted by molar-refractivity contribution is -0.113. The van der Waals surface area contributed by atoms with Gasteiger partial charge in [0.1, 0.15) is 5.75 Å². The molecular weight excluding hydrogens is 495 g/mol. The summed E-state index contributed by atoms with van der Waals surface area (Å²) in [6, 6.07) is 7.02. The number of hydrogen-bond donors (Lipinski definition) is 0. The number of aromatic nitrogens is 3. The predicted molar refractivity (Wildman–Crippen MR) is 110 cm³/mol. The van der Waals surface area contributed by atoms with Crippen LogP contribution in [0.3, 0.4) is 0 Å².